The van der Waals surface area contributed by atoms with Crippen LogP contribution in [0.2, 0.25) is 0 Å². The Labute approximate surface area is 91.5 Å². The summed E-state index contributed by atoms with van der Waals surface area (Å²) in [5.74, 6) is -1.51. The Hall–Kier alpha value is -1.97. The van der Waals surface area contributed by atoms with Gasteiger partial charge in [0.25, 0.3) is 0 Å². The second-order valence-corrected chi connectivity index (χ2v) is 3.69. The van der Waals surface area contributed by atoms with E-state index >= 15 is 0 Å². The predicted molar refractivity (Wildman–Crippen MR) is 57.8 cm³/mol. The third-order valence-corrected chi connectivity index (χ3v) is 2.54. The number of hydrogen-bond acceptors (Lipinski definition) is 2. The molecule has 1 unspecified atom stereocenters. The number of carboxylic acids is 1. The number of aliphatic carboxylic acids is 1. The van der Waals surface area contributed by atoms with E-state index in [4.69, 9.17) is 5.11 Å². The van der Waals surface area contributed by atoms with Gasteiger partial charge in [0.05, 0.1) is 5.52 Å². The highest BCUT2D eigenvalue weighted by molar-refractivity contribution is 5.89. The summed E-state index contributed by atoms with van der Waals surface area (Å²) in [4.78, 5) is 14.9. The third-order valence-electron chi connectivity index (χ3n) is 2.54. The van der Waals surface area contributed by atoms with E-state index in [1.165, 1.54) is 12.3 Å². The summed E-state index contributed by atoms with van der Waals surface area (Å²) in [5, 5.41) is 9.58. The van der Waals surface area contributed by atoms with Crippen LogP contribution in [0.25, 0.3) is 10.9 Å². The summed E-state index contributed by atoms with van der Waals surface area (Å²) < 4.78 is 14.0. The average molecular weight is 219 g/mol. The highest BCUT2D eigenvalue weighted by Gasteiger charge is 2.36. The second-order valence-electron chi connectivity index (χ2n) is 3.69. The first-order chi connectivity index (χ1) is 7.53. The minimum Gasteiger partial charge on any atom is -0.479 e. The first kappa shape index (κ1) is 10.5. The molecule has 1 aromatic heterocycles. The molecule has 0 spiro atoms. The number of para-hydroxylation sites is 1. The second kappa shape index (κ2) is 3.56. The van der Waals surface area contributed by atoms with Crippen molar-refractivity contribution in [3.8, 4) is 0 Å². The van der Waals surface area contributed by atoms with Gasteiger partial charge in [-0.1, -0.05) is 24.3 Å². The van der Waals surface area contributed by atoms with Crippen LogP contribution in [-0.4, -0.2) is 16.1 Å². The van der Waals surface area contributed by atoms with Crippen molar-refractivity contribution >= 4 is 16.9 Å². The molecule has 2 aromatic rings. The molecule has 4 heteroatoms. The van der Waals surface area contributed by atoms with E-state index in [0.29, 0.717) is 5.52 Å². The fourth-order valence-corrected chi connectivity index (χ4v) is 1.60. The molecule has 0 saturated heterocycles. The standard InChI is InChI=1S/C12H10FNO2/c1-12(13,11(15)16)9-6-2-4-8-5-3-7-14-10(8)9/h2-7H,1H3,(H,15,16). The largest absolute Gasteiger partial charge is 0.479 e. The molecule has 0 aliphatic heterocycles. The maximum Gasteiger partial charge on any atom is 0.345 e. The molecule has 1 atom stereocenters. The Morgan fingerprint density at radius 1 is 1.38 bits per heavy atom. The first-order valence-electron chi connectivity index (χ1n) is 4.80. The van der Waals surface area contributed by atoms with Gasteiger partial charge in [0, 0.05) is 17.1 Å². The van der Waals surface area contributed by atoms with Crippen LogP contribution < -0.4 is 0 Å². The van der Waals surface area contributed by atoms with Gasteiger partial charge in [0.2, 0.25) is 5.67 Å². The zero-order valence-electron chi connectivity index (χ0n) is 8.64. The van der Waals surface area contributed by atoms with Gasteiger partial charge in [-0.2, -0.15) is 0 Å². The normalized spacial score (nSPS) is 14.6. The molecule has 0 saturated carbocycles. The highest BCUT2D eigenvalue weighted by Crippen LogP contribution is 2.30. The summed E-state index contributed by atoms with van der Waals surface area (Å²) in [6, 6.07) is 8.33. The molecule has 0 amide bonds. The van der Waals surface area contributed by atoms with Crippen molar-refractivity contribution in [2.45, 2.75) is 12.6 Å². The number of hydrogen-bond donors (Lipinski definition) is 1. The van der Waals surface area contributed by atoms with E-state index in [1.807, 2.05) is 0 Å². The topological polar surface area (TPSA) is 50.2 Å². The highest BCUT2D eigenvalue weighted by atomic mass is 19.1. The van der Waals surface area contributed by atoms with Crippen LogP contribution in [0.15, 0.2) is 36.5 Å². The van der Waals surface area contributed by atoms with E-state index in [9.17, 15) is 9.18 Å². The Bertz CT molecular complexity index is 546. The molecule has 16 heavy (non-hydrogen) atoms. The summed E-state index contributed by atoms with van der Waals surface area (Å²) in [7, 11) is 0. The summed E-state index contributed by atoms with van der Waals surface area (Å²) in [6.45, 7) is 1.03. The molecule has 1 heterocycles. The monoisotopic (exact) mass is 219 g/mol. The maximum absolute atomic E-state index is 14.0. The summed E-state index contributed by atoms with van der Waals surface area (Å²) in [6.07, 6.45) is 1.52. The predicted octanol–water partition coefficient (Wildman–Crippen LogP) is 2.50. The van der Waals surface area contributed by atoms with Crippen molar-refractivity contribution in [3.63, 3.8) is 0 Å². The molecule has 3 nitrogen and oxygen atoms in total. The van der Waals surface area contributed by atoms with Gasteiger partial charge in [-0.15, -0.1) is 0 Å². The van der Waals surface area contributed by atoms with E-state index in [0.717, 1.165) is 12.3 Å². The lowest BCUT2D eigenvalue weighted by Gasteiger charge is -2.16. The number of carbonyl (C=O) groups is 1. The molecule has 0 aliphatic carbocycles. The van der Waals surface area contributed by atoms with Crippen LogP contribution in [0.3, 0.4) is 0 Å². The molecular weight excluding hydrogens is 209 g/mol. The van der Waals surface area contributed by atoms with Gasteiger partial charge < -0.3 is 5.11 Å². The van der Waals surface area contributed by atoms with Crippen LogP contribution >= 0.6 is 0 Å². The smallest absolute Gasteiger partial charge is 0.345 e. The molecule has 2 rings (SSSR count). The van der Waals surface area contributed by atoms with Crippen molar-refractivity contribution in [1.82, 2.24) is 4.98 Å². The summed E-state index contributed by atoms with van der Waals surface area (Å²) in [5.41, 5.74) is -1.95. The van der Waals surface area contributed by atoms with Crippen LogP contribution in [0.4, 0.5) is 4.39 Å². The lowest BCUT2D eigenvalue weighted by Crippen LogP contribution is -2.27. The maximum atomic E-state index is 14.0. The number of halogens is 1. The van der Waals surface area contributed by atoms with Gasteiger partial charge in [0.15, 0.2) is 0 Å². The number of rotatable bonds is 2. The van der Waals surface area contributed by atoms with Gasteiger partial charge in [-0.3, -0.25) is 4.98 Å². The Balaban J connectivity index is 2.74. The fraction of sp³-hybridized carbons (Fsp3) is 0.167. The molecule has 0 bridgehead atoms. The zero-order valence-corrected chi connectivity index (χ0v) is 8.64. The van der Waals surface area contributed by atoms with E-state index in [1.54, 1.807) is 24.3 Å². The molecule has 0 radical (unpaired) electrons. The molecule has 0 aliphatic rings. The van der Waals surface area contributed by atoms with Gasteiger partial charge in [-0.05, 0) is 13.0 Å². The number of carboxylic acid groups (broad SMARTS) is 1. The van der Waals surface area contributed by atoms with Gasteiger partial charge >= 0.3 is 5.97 Å². The molecule has 82 valence electrons. The van der Waals surface area contributed by atoms with Gasteiger partial charge in [-0.25, -0.2) is 9.18 Å². The number of benzene rings is 1. The average Bonchev–Trinajstić information content (AvgIpc) is 2.28. The number of alkyl halides is 1. The third kappa shape index (κ3) is 1.52. The minimum atomic E-state index is -2.42. The van der Waals surface area contributed by atoms with Crippen molar-refractivity contribution in [2.75, 3.05) is 0 Å². The van der Waals surface area contributed by atoms with Crippen LogP contribution in [0, 0.1) is 0 Å². The quantitative estimate of drug-likeness (QED) is 0.844. The lowest BCUT2D eigenvalue weighted by molar-refractivity contribution is -0.150. The van der Waals surface area contributed by atoms with Crippen LogP contribution in [0.5, 0.6) is 0 Å². The number of nitrogens with zero attached hydrogens (tertiary/aromatic N) is 1. The molecule has 1 aromatic carbocycles. The number of fused-ring (bicyclic) bond motifs is 1. The van der Waals surface area contributed by atoms with Crippen molar-refractivity contribution in [2.24, 2.45) is 0 Å². The first-order valence-corrected chi connectivity index (χ1v) is 4.80. The molecule has 0 fully saturated rings. The Kier molecular flexibility index (Phi) is 2.34. The fourth-order valence-electron chi connectivity index (χ4n) is 1.60. The zero-order chi connectivity index (χ0) is 11.8. The number of aromatic nitrogens is 1. The Morgan fingerprint density at radius 2 is 2.06 bits per heavy atom. The van der Waals surface area contributed by atoms with E-state index < -0.39 is 11.6 Å². The van der Waals surface area contributed by atoms with Crippen molar-refractivity contribution in [3.05, 3.63) is 42.1 Å². The van der Waals surface area contributed by atoms with Gasteiger partial charge in [0.1, 0.15) is 0 Å². The van der Waals surface area contributed by atoms with E-state index in [-0.39, 0.29) is 5.56 Å². The van der Waals surface area contributed by atoms with Crippen LogP contribution in [-0.2, 0) is 10.5 Å². The molecule has 1 N–H and O–H groups in total. The lowest BCUT2D eigenvalue weighted by atomic mass is 9.95. The Morgan fingerprint density at radius 3 is 2.75 bits per heavy atom. The van der Waals surface area contributed by atoms with Crippen molar-refractivity contribution < 1.29 is 14.3 Å². The van der Waals surface area contributed by atoms with Crippen molar-refractivity contribution in [1.29, 1.82) is 0 Å². The summed E-state index contributed by atoms with van der Waals surface area (Å²) >= 11 is 0. The SMILES string of the molecule is CC(F)(C(=O)O)c1cccc2cccnc12. The molecular formula is C12H10FNO2. The van der Waals surface area contributed by atoms with Crippen LogP contribution in [0.1, 0.15) is 12.5 Å². The minimum absolute atomic E-state index is 0.0816. The van der Waals surface area contributed by atoms with E-state index in [2.05, 4.69) is 4.98 Å². The number of pyridine rings is 1.